The molecule has 0 N–H and O–H groups in total. The number of rotatable bonds is 3. The molecule has 3 rings (SSSR count). The maximum Gasteiger partial charge on any atom is 0.363 e. The summed E-state index contributed by atoms with van der Waals surface area (Å²) in [6.45, 7) is 3.21. The van der Waals surface area contributed by atoms with Crippen molar-refractivity contribution < 1.29 is 19.1 Å². The van der Waals surface area contributed by atoms with E-state index >= 15 is 0 Å². The molecule has 0 aromatic heterocycles. The van der Waals surface area contributed by atoms with Gasteiger partial charge in [-0.2, -0.15) is 0 Å². The topological polar surface area (TPSA) is 65.0 Å². The van der Waals surface area contributed by atoms with Crippen molar-refractivity contribution in [1.29, 1.82) is 0 Å². The summed E-state index contributed by atoms with van der Waals surface area (Å²) < 4.78 is 10.2. The summed E-state index contributed by atoms with van der Waals surface area (Å²) in [6.07, 6.45) is 1.50. The van der Waals surface area contributed by atoms with Crippen molar-refractivity contribution in [2.24, 2.45) is 4.99 Å². The number of aryl methyl sites for hydroxylation is 1. The maximum absolute atomic E-state index is 12.1. The van der Waals surface area contributed by atoms with E-state index in [4.69, 9.17) is 32.7 Å². The van der Waals surface area contributed by atoms with Gasteiger partial charge in [0, 0.05) is 12.5 Å². The van der Waals surface area contributed by atoms with E-state index in [1.165, 1.54) is 25.1 Å². The van der Waals surface area contributed by atoms with Crippen molar-refractivity contribution in [3.05, 3.63) is 68.8 Å². The van der Waals surface area contributed by atoms with Gasteiger partial charge in [0.15, 0.2) is 11.4 Å². The Morgan fingerprint density at radius 1 is 1.15 bits per heavy atom. The quantitative estimate of drug-likeness (QED) is 0.438. The lowest BCUT2D eigenvalue weighted by atomic mass is 10.1. The van der Waals surface area contributed by atoms with Gasteiger partial charge in [0.2, 0.25) is 5.90 Å². The number of hydrogen-bond donors (Lipinski definition) is 0. The van der Waals surface area contributed by atoms with Crippen molar-refractivity contribution in [3.8, 4) is 5.75 Å². The summed E-state index contributed by atoms with van der Waals surface area (Å²) in [5.41, 5.74) is 2.44. The first kappa shape index (κ1) is 18.2. The Hall–Kier alpha value is -2.63. The average Bonchev–Trinajstić information content (AvgIpc) is 2.92. The molecule has 0 spiro atoms. The van der Waals surface area contributed by atoms with Gasteiger partial charge in [-0.1, -0.05) is 40.9 Å². The van der Waals surface area contributed by atoms with Gasteiger partial charge in [0.1, 0.15) is 0 Å². The van der Waals surface area contributed by atoms with E-state index in [1.54, 1.807) is 0 Å². The zero-order valence-electron chi connectivity index (χ0n) is 13.9. The number of nitrogens with zero attached hydrogens (tertiary/aromatic N) is 1. The SMILES string of the molecule is CC(=O)Oc1c(Cl)cc(/C=C2/N=C(c3ccc(C)cc3)OC2=O)cc1Cl. The Balaban J connectivity index is 1.93. The average molecular weight is 390 g/mol. The van der Waals surface area contributed by atoms with Crippen LogP contribution in [0.3, 0.4) is 0 Å². The van der Waals surface area contributed by atoms with Crippen LogP contribution in [0.25, 0.3) is 6.08 Å². The molecule has 0 aliphatic carbocycles. The number of hydrogen-bond acceptors (Lipinski definition) is 5. The van der Waals surface area contributed by atoms with Gasteiger partial charge in [-0.05, 0) is 42.8 Å². The van der Waals surface area contributed by atoms with E-state index in [2.05, 4.69) is 4.99 Å². The lowest BCUT2D eigenvalue weighted by Crippen LogP contribution is -2.05. The Morgan fingerprint density at radius 3 is 2.35 bits per heavy atom. The van der Waals surface area contributed by atoms with Crippen LogP contribution in [-0.4, -0.2) is 17.8 Å². The van der Waals surface area contributed by atoms with Crippen LogP contribution in [-0.2, 0) is 14.3 Å². The molecule has 0 radical (unpaired) electrons. The monoisotopic (exact) mass is 389 g/mol. The first-order chi connectivity index (χ1) is 12.3. The second kappa shape index (κ2) is 7.32. The van der Waals surface area contributed by atoms with E-state index in [9.17, 15) is 9.59 Å². The molecular weight excluding hydrogens is 377 g/mol. The molecule has 0 saturated heterocycles. The number of carbonyl (C=O) groups excluding carboxylic acids is 2. The van der Waals surface area contributed by atoms with Crippen molar-refractivity contribution in [3.63, 3.8) is 0 Å². The second-order valence-electron chi connectivity index (χ2n) is 5.61. The van der Waals surface area contributed by atoms with Crippen molar-refractivity contribution in [2.45, 2.75) is 13.8 Å². The number of ether oxygens (including phenoxy) is 2. The van der Waals surface area contributed by atoms with Gasteiger partial charge in [-0.15, -0.1) is 0 Å². The van der Waals surface area contributed by atoms with E-state index in [0.717, 1.165) is 5.56 Å². The number of carbonyl (C=O) groups is 2. The smallest absolute Gasteiger partial charge is 0.363 e. The van der Waals surface area contributed by atoms with Gasteiger partial charge in [0.05, 0.1) is 10.0 Å². The Bertz CT molecular complexity index is 939. The molecule has 7 heteroatoms. The zero-order chi connectivity index (χ0) is 18.8. The lowest BCUT2D eigenvalue weighted by molar-refractivity contribution is -0.132. The summed E-state index contributed by atoms with van der Waals surface area (Å²) in [6, 6.07) is 10.5. The third kappa shape index (κ3) is 3.95. The zero-order valence-corrected chi connectivity index (χ0v) is 15.4. The van der Waals surface area contributed by atoms with Crippen LogP contribution in [0.15, 0.2) is 47.1 Å². The minimum Gasteiger partial charge on any atom is -0.424 e. The van der Waals surface area contributed by atoms with Crippen LogP contribution in [0.4, 0.5) is 0 Å². The first-order valence-corrected chi connectivity index (χ1v) is 8.36. The highest BCUT2D eigenvalue weighted by Crippen LogP contribution is 2.35. The van der Waals surface area contributed by atoms with E-state index < -0.39 is 11.9 Å². The fraction of sp³-hybridized carbons (Fsp3) is 0.105. The Morgan fingerprint density at radius 2 is 1.77 bits per heavy atom. The molecule has 0 unspecified atom stereocenters. The van der Waals surface area contributed by atoms with Gasteiger partial charge in [0.25, 0.3) is 0 Å². The fourth-order valence-corrected chi connectivity index (χ4v) is 2.87. The van der Waals surface area contributed by atoms with E-state index in [-0.39, 0.29) is 27.4 Å². The first-order valence-electron chi connectivity index (χ1n) is 7.60. The highest BCUT2D eigenvalue weighted by atomic mass is 35.5. The van der Waals surface area contributed by atoms with Crippen LogP contribution in [0.5, 0.6) is 5.75 Å². The summed E-state index contributed by atoms with van der Waals surface area (Å²) in [7, 11) is 0. The molecule has 1 aliphatic heterocycles. The third-order valence-electron chi connectivity index (χ3n) is 3.49. The largest absolute Gasteiger partial charge is 0.424 e. The summed E-state index contributed by atoms with van der Waals surface area (Å²) >= 11 is 12.2. The minimum atomic E-state index is -0.572. The molecule has 1 aliphatic rings. The number of cyclic esters (lactones) is 1. The number of esters is 2. The van der Waals surface area contributed by atoms with Gasteiger partial charge in [-0.3, -0.25) is 4.79 Å². The molecule has 1 heterocycles. The van der Waals surface area contributed by atoms with Crippen LogP contribution < -0.4 is 4.74 Å². The predicted octanol–water partition coefficient (Wildman–Crippen LogP) is 4.57. The molecule has 0 saturated carbocycles. The van der Waals surface area contributed by atoms with Gasteiger partial charge in [-0.25, -0.2) is 9.79 Å². The fourth-order valence-electron chi connectivity index (χ4n) is 2.29. The van der Waals surface area contributed by atoms with Crippen LogP contribution in [0, 0.1) is 6.92 Å². The Labute approximate surface area is 159 Å². The molecule has 0 amide bonds. The second-order valence-corrected chi connectivity index (χ2v) is 6.42. The van der Waals surface area contributed by atoms with Crippen LogP contribution in [0.1, 0.15) is 23.6 Å². The highest BCUT2D eigenvalue weighted by Gasteiger charge is 2.24. The molecule has 2 aromatic rings. The summed E-state index contributed by atoms with van der Waals surface area (Å²) in [5.74, 6) is -0.806. The summed E-state index contributed by atoms with van der Waals surface area (Å²) in [4.78, 5) is 27.4. The van der Waals surface area contributed by atoms with Gasteiger partial charge < -0.3 is 9.47 Å². The maximum atomic E-state index is 12.1. The molecule has 2 aromatic carbocycles. The number of aliphatic imine (C=N–C) groups is 1. The van der Waals surface area contributed by atoms with Gasteiger partial charge >= 0.3 is 11.9 Å². The van der Waals surface area contributed by atoms with Crippen molar-refractivity contribution in [1.82, 2.24) is 0 Å². The predicted molar refractivity (Wildman–Crippen MR) is 99.6 cm³/mol. The molecule has 0 fully saturated rings. The molecule has 132 valence electrons. The standard InChI is InChI=1S/C19H13Cl2NO4/c1-10-3-5-13(6-4-10)18-22-16(19(24)26-18)9-12-7-14(20)17(15(21)8-12)25-11(2)23/h3-9H,1-2H3/b16-9+. The van der Waals surface area contributed by atoms with Crippen molar-refractivity contribution in [2.75, 3.05) is 0 Å². The van der Waals surface area contributed by atoms with Crippen LogP contribution in [0.2, 0.25) is 10.0 Å². The van der Waals surface area contributed by atoms with Crippen molar-refractivity contribution >= 4 is 47.1 Å². The third-order valence-corrected chi connectivity index (χ3v) is 4.05. The van der Waals surface area contributed by atoms with E-state index in [1.807, 2.05) is 31.2 Å². The molecule has 0 atom stereocenters. The molecular formula is C19H13Cl2NO4. The number of halogens is 2. The minimum absolute atomic E-state index is 0.0702. The normalized spacial score (nSPS) is 15.0. The highest BCUT2D eigenvalue weighted by molar-refractivity contribution is 6.37. The van der Waals surface area contributed by atoms with Crippen LogP contribution >= 0.6 is 23.2 Å². The lowest BCUT2D eigenvalue weighted by Gasteiger charge is -2.07. The molecule has 0 bridgehead atoms. The van der Waals surface area contributed by atoms with E-state index in [0.29, 0.717) is 11.1 Å². The molecule has 5 nitrogen and oxygen atoms in total. The summed E-state index contributed by atoms with van der Waals surface area (Å²) in [5, 5.41) is 0.294. The molecule has 26 heavy (non-hydrogen) atoms. The number of benzene rings is 2. The Kier molecular flexibility index (Phi) is 5.11.